The average Bonchev–Trinajstić information content (AvgIpc) is 3.22. The number of hydrogen-bond acceptors (Lipinski definition) is 6. The first-order chi connectivity index (χ1) is 15.3. The normalized spacial score (nSPS) is 26.0. The van der Waals surface area contributed by atoms with E-state index < -0.39 is 29.4 Å². The third kappa shape index (κ3) is 3.30. The number of fused-ring (bicyclic) bond motifs is 2. The number of nitrogens with zero attached hydrogens (tertiary/aromatic N) is 1. The summed E-state index contributed by atoms with van der Waals surface area (Å²) in [6.07, 6.45) is 1.59. The van der Waals surface area contributed by atoms with E-state index in [-0.39, 0.29) is 16.6 Å². The first-order valence-electron chi connectivity index (χ1n) is 10.4. The number of benzene rings is 2. The van der Waals surface area contributed by atoms with Crippen molar-refractivity contribution in [1.82, 2.24) is 5.32 Å². The number of ether oxygens (including phenoxy) is 2. The Morgan fingerprint density at radius 3 is 2.75 bits per heavy atom. The average molecular weight is 458 g/mol. The first kappa shape index (κ1) is 22.1. The van der Waals surface area contributed by atoms with E-state index in [1.54, 1.807) is 42.5 Å². The highest BCUT2D eigenvalue weighted by Gasteiger charge is 2.67. The van der Waals surface area contributed by atoms with Crippen molar-refractivity contribution in [3.63, 3.8) is 0 Å². The van der Waals surface area contributed by atoms with Gasteiger partial charge in [0.2, 0.25) is 0 Å². The predicted octanol–water partition coefficient (Wildman–Crippen LogP) is 3.87. The molecule has 1 saturated heterocycles. The van der Waals surface area contributed by atoms with Crippen molar-refractivity contribution in [2.45, 2.75) is 37.4 Å². The molecular formula is C23H24ClN3O5. The molecule has 0 radical (unpaired) electrons. The Balaban J connectivity index is 1.85. The molecule has 1 amide bonds. The Bertz CT molecular complexity index is 1090. The minimum absolute atomic E-state index is 0.234. The Morgan fingerprint density at radius 1 is 1.31 bits per heavy atom. The van der Waals surface area contributed by atoms with Crippen LogP contribution < -0.4 is 20.1 Å². The third-order valence-corrected chi connectivity index (χ3v) is 6.31. The van der Waals surface area contributed by atoms with Gasteiger partial charge in [0, 0.05) is 22.2 Å². The SMILES string of the molecule is C=CCOc1c(Cl)cc([C@@H]2[C@H](C)N[C@@]3(C(=O)Nc4ccccc43)[C@@H]2[N+](=O)[O-])cc1OCC. The molecule has 4 rings (SSSR count). The van der Waals surface area contributed by atoms with Gasteiger partial charge in [0.25, 0.3) is 11.9 Å². The summed E-state index contributed by atoms with van der Waals surface area (Å²) >= 11 is 6.51. The topological polar surface area (TPSA) is 103 Å². The van der Waals surface area contributed by atoms with Crippen molar-refractivity contribution in [3.05, 3.63) is 75.3 Å². The monoisotopic (exact) mass is 457 g/mol. The molecule has 0 unspecified atom stereocenters. The number of amides is 1. The van der Waals surface area contributed by atoms with Crippen molar-refractivity contribution in [1.29, 1.82) is 0 Å². The minimum atomic E-state index is -1.49. The number of carbonyl (C=O) groups is 1. The Kier molecular flexibility index (Phi) is 5.83. The summed E-state index contributed by atoms with van der Waals surface area (Å²) in [7, 11) is 0. The van der Waals surface area contributed by atoms with Gasteiger partial charge in [0.15, 0.2) is 17.0 Å². The maximum absolute atomic E-state index is 13.1. The van der Waals surface area contributed by atoms with Crippen LogP contribution in [0.25, 0.3) is 0 Å². The second-order valence-electron chi connectivity index (χ2n) is 7.86. The second-order valence-corrected chi connectivity index (χ2v) is 8.27. The zero-order valence-corrected chi connectivity index (χ0v) is 18.5. The van der Waals surface area contributed by atoms with E-state index in [0.29, 0.717) is 34.9 Å². The van der Waals surface area contributed by atoms with Gasteiger partial charge < -0.3 is 14.8 Å². The maximum Gasteiger partial charge on any atom is 0.256 e. The fourth-order valence-corrected chi connectivity index (χ4v) is 5.15. The van der Waals surface area contributed by atoms with Crippen molar-refractivity contribution < 1.29 is 19.2 Å². The quantitative estimate of drug-likeness (QED) is 0.371. The zero-order chi connectivity index (χ0) is 23.0. The predicted molar refractivity (Wildman–Crippen MR) is 121 cm³/mol. The van der Waals surface area contributed by atoms with Crippen molar-refractivity contribution in [2.75, 3.05) is 18.5 Å². The van der Waals surface area contributed by atoms with E-state index >= 15 is 0 Å². The lowest BCUT2D eigenvalue weighted by Gasteiger charge is -2.25. The number of anilines is 1. The highest BCUT2D eigenvalue weighted by molar-refractivity contribution is 6.32. The summed E-state index contributed by atoms with van der Waals surface area (Å²) in [6, 6.07) is 8.76. The highest BCUT2D eigenvalue weighted by atomic mass is 35.5. The van der Waals surface area contributed by atoms with Gasteiger partial charge in [-0.05, 0) is 37.6 Å². The molecule has 2 aliphatic rings. The maximum atomic E-state index is 13.1. The molecule has 4 atom stereocenters. The summed E-state index contributed by atoms with van der Waals surface area (Å²) in [5.41, 5.74) is 0.259. The summed E-state index contributed by atoms with van der Waals surface area (Å²) < 4.78 is 11.4. The second kappa shape index (κ2) is 8.44. The van der Waals surface area contributed by atoms with Gasteiger partial charge in [0.05, 0.1) is 17.5 Å². The van der Waals surface area contributed by atoms with E-state index in [2.05, 4.69) is 17.2 Å². The minimum Gasteiger partial charge on any atom is -0.490 e. The number of hydrogen-bond donors (Lipinski definition) is 2. The molecule has 168 valence electrons. The van der Waals surface area contributed by atoms with Gasteiger partial charge in [-0.3, -0.25) is 20.2 Å². The smallest absolute Gasteiger partial charge is 0.256 e. The van der Waals surface area contributed by atoms with Crippen molar-refractivity contribution >= 4 is 23.2 Å². The van der Waals surface area contributed by atoms with Gasteiger partial charge in [-0.2, -0.15) is 0 Å². The standard InChI is InChI=1S/C23H24ClN3O5/c1-4-10-32-20-16(24)11-14(12-18(20)31-5-2)19-13(3)26-23(21(19)27(29)30)15-8-6-7-9-17(15)25-22(23)28/h4,6-9,11-13,19,21,26H,1,5,10H2,2-3H3,(H,25,28)/t13-,19-,21+,23+/m0/s1. The number of nitro groups is 1. The number of carbonyl (C=O) groups excluding carboxylic acids is 1. The number of para-hydroxylation sites is 1. The molecule has 0 aliphatic carbocycles. The van der Waals surface area contributed by atoms with Crippen LogP contribution in [-0.4, -0.2) is 36.1 Å². The van der Waals surface area contributed by atoms with Crippen molar-refractivity contribution in [2.24, 2.45) is 0 Å². The lowest BCUT2D eigenvalue weighted by molar-refractivity contribution is -0.532. The molecule has 2 heterocycles. The van der Waals surface area contributed by atoms with Crippen LogP contribution in [0.15, 0.2) is 49.1 Å². The van der Waals surface area contributed by atoms with Crippen LogP contribution in [-0.2, 0) is 10.3 Å². The molecule has 9 heteroatoms. The molecule has 2 N–H and O–H groups in total. The molecule has 0 saturated carbocycles. The third-order valence-electron chi connectivity index (χ3n) is 6.03. The lowest BCUT2D eigenvalue weighted by atomic mass is 9.78. The Morgan fingerprint density at radius 2 is 2.06 bits per heavy atom. The van der Waals surface area contributed by atoms with Gasteiger partial charge >= 0.3 is 0 Å². The van der Waals surface area contributed by atoms with Crippen LogP contribution in [0, 0.1) is 10.1 Å². The number of halogens is 1. The molecule has 1 spiro atoms. The van der Waals surface area contributed by atoms with Gasteiger partial charge in [-0.15, -0.1) is 0 Å². The van der Waals surface area contributed by atoms with Crippen LogP contribution >= 0.6 is 11.6 Å². The molecule has 2 aromatic carbocycles. The first-order valence-corrected chi connectivity index (χ1v) is 10.7. The molecular weight excluding hydrogens is 434 g/mol. The van der Waals surface area contributed by atoms with Crippen LogP contribution in [0.5, 0.6) is 11.5 Å². The van der Waals surface area contributed by atoms with E-state index in [1.165, 1.54) is 0 Å². The molecule has 2 aliphatic heterocycles. The fraction of sp³-hybridized carbons (Fsp3) is 0.348. The molecule has 8 nitrogen and oxygen atoms in total. The largest absolute Gasteiger partial charge is 0.490 e. The Hall–Kier alpha value is -3.10. The molecule has 0 aromatic heterocycles. The number of rotatable bonds is 7. The van der Waals surface area contributed by atoms with Gasteiger partial charge in [-0.1, -0.05) is 42.5 Å². The van der Waals surface area contributed by atoms with Crippen LogP contribution in [0.2, 0.25) is 5.02 Å². The van der Waals surface area contributed by atoms with E-state index in [4.69, 9.17) is 21.1 Å². The highest BCUT2D eigenvalue weighted by Crippen LogP contribution is 2.51. The molecule has 0 bridgehead atoms. The fourth-order valence-electron chi connectivity index (χ4n) is 4.88. The molecule has 2 aromatic rings. The summed E-state index contributed by atoms with van der Waals surface area (Å²) in [5, 5.41) is 18.8. The molecule has 32 heavy (non-hydrogen) atoms. The summed E-state index contributed by atoms with van der Waals surface area (Å²) in [5.74, 6) is -0.334. The van der Waals surface area contributed by atoms with Crippen LogP contribution in [0.4, 0.5) is 5.69 Å². The van der Waals surface area contributed by atoms with Gasteiger partial charge in [-0.25, -0.2) is 0 Å². The van der Waals surface area contributed by atoms with Crippen molar-refractivity contribution in [3.8, 4) is 11.5 Å². The summed E-state index contributed by atoms with van der Waals surface area (Å²) in [4.78, 5) is 25.2. The van der Waals surface area contributed by atoms with Crippen LogP contribution in [0.3, 0.4) is 0 Å². The molecule has 1 fully saturated rings. The zero-order valence-electron chi connectivity index (χ0n) is 17.8. The van der Waals surface area contributed by atoms with E-state index in [9.17, 15) is 14.9 Å². The lowest BCUT2D eigenvalue weighted by Crippen LogP contribution is -2.54. The Labute approximate surface area is 190 Å². The summed E-state index contributed by atoms with van der Waals surface area (Å²) in [6.45, 7) is 7.89. The van der Waals surface area contributed by atoms with Gasteiger partial charge in [0.1, 0.15) is 6.61 Å². The van der Waals surface area contributed by atoms with E-state index in [0.717, 1.165) is 0 Å². The van der Waals surface area contributed by atoms with Crippen LogP contribution in [0.1, 0.15) is 30.9 Å². The number of nitrogens with one attached hydrogen (secondary N) is 2. The van der Waals surface area contributed by atoms with E-state index in [1.807, 2.05) is 13.8 Å².